The molecule has 0 spiro atoms. The lowest BCUT2D eigenvalue weighted by molar-refractivity contribution is 0.0993. The number of sulfone groups is 1. The third kappa shape index (κ3) is 4.27. The Balaban J connectivity index is 1.37. The summed E-state index contributed by atoms with van der Waals surface area (Å²) in [6.45, 7) is 1.84. The molecule has 4 rings (SSSR count). The van der Waals surface area contributed by atoms with Gasteiger partial charge in [0.1, 0.15) is 0 Å². The zero-order valence-corrected chi connectivity index (χ0v) is 16.8. The van der Waals surface area contributed by atoms with Gasteiger partial charge in [0.2, 0.25) is 5.89 Å². The lowest BCUT2D eigenvalue weighted by Gasteiger charge is -2.09. The molecule has 1 fully saturated rings. The molecule has 2 atom stereocenters. The number of rotatable bonds is 6. The molecular weight excluding hydrogens is 384 g/mol. The Bertz CT molecular complexity index is 968. The molecule has 0 bridgehead atoms. The van der Waals surface area contributed by atoms with Crippen LogP contribution in [-0.2, 0) is 29.1 Å². The van der Waals surface area contributed by atoms with E-state index in [4.69, 9.17) is 4.42 Å². The summed E-state index contributed by atoms with van der Waals surface area (Å²) in [7, 11) is -2.91. The van der Waals surface area contributed by atoms with Crippen LogP contribution in [-0.4, -0.2) is 41.2 Å². The molecule has 0 amide bonds. The van der Waals surface area contributed by atoms with Gasteiger partial charge in [0, 0.05) is 12.0 Å². The Labute approximate surface area is 163 Å². The number of hydrogen-bond acceptors (Lipinski definition) is 7. The molecule has 1 saturated heterocycles. The first-order chi connectivity index (χ1) is 12.9. The maximum absolute atomic E-state index is 12.7. The molecule has 2 unspecified atom stereocenters. The standard InChI is InChI=1S/C19H22N2O4S2/c1-12(18(22)16-6-5-14-3-2-4-15(14)10-16)26-19-21-20-17(25-19)9-13-7-8-27(23,24)11-13/h5-6,10,12-13H,2-4,7-9,11H2,1H3. The van der Waals surface area contributed by atoms with Crippen LogP contribution >= 0.6 is 11.8 Å². The van der Waals surface area contributed by atoms with E-state index in [2.05, 4.69) is 16.3 Å². The topological polar surface area (TPSA) is 90.1 Å². The SMILES string of the molecule is CC(Sc1nnc(CC2CCS(=O)(=O)C2)o1)C(=O)c1ccc2c(c1)CCC2. The highest BCUT2D eigenvalue weighted by atomic mass is 32.2. The minimum atomic E-state index is -2.91. The molecule has 1 aliphatic heterocycles. The van der Waals surface area contributed by atoms with Crippen molar-refractivity contribution in [2.45, 2.75) is 49.5 Å². The molecule has 2 aliphatic rings. The summed E-state index contributed by atoms with van der Waals surface area (Å²) in [6.07, 6.45) is 4.41. The molecule has 2 heterocycles. The van der Waals surface area contributed by atoms with E-state index in [1.807, 2.05) is 19.1 Å². The van der Waals surface area contributed by atoms with Crippen LogP contribution in [0.15, 0.2) is 27.8 Å². The van der Waals surface area contributed by atoms with Gasteiger partial charge in [0.05, 0.1) is 16.8 Å². The van der Waals surface area contributed by atoms with Crippen molar-refractivity contribution in [1.29, 1.82) is 0 Å². The second kappa shape index (κ2) is 7.39. The van der Waals surface area contributed by atoms with Crippen molar-refractivity contribution in [3.05, 3.63) is 40.8 Å². The molecule has 0 N–H and O–H groups in total. The number of Topliss-reactive ketones (excluding diaryl/α,β-unsaturated/α-hetero) is 1. The zero-order chi connectivity index (χ0) is 19.0. The first-order valence-electron chi connectivity index (χ1n) is 9.25. The van der Waals surface area contributed by atoms with Crippen LogP contribution in [0.2, 0.25) is 0 Å². The van der Waals surface area contributed by atoms with Gasteiger partial charge in [-0.15, -0.1) is 10.2 Å². The summed E-state index contributed by atoms with van der Waals surface area (Å²) >= 11 is 1.25. The molecule has 0 saturated carbocycles. The molecule has 0 radical (unpaired) electrons. The molecule has 6 nitrogen and oxygen atoms in total. The predicted molar refractivity (Wildman–Crippen MR) is 103 cm³/mol. The zero-order valence-electron chi connectivity index (χ0n) is 15.2. The number of aromatic nitrogens is 2. The summed E-state index contributed by atoms with van der Waals surface area (Å²) in [6, 6.07) is 5.98. The third-order valence-electron chi connectivity index (χ3n) is 5.27. The van der Waals surface area contributed by atoms with Crippen LogP contribution in [0.5, 0.6) is 0 Å². The minimum Gasteiger partial charge on any atom is -0.416 e. The normalized spacial score (nSPS) is 21.9. The van der Waals surface area contributed by atoms with Gasteiger partial charge in [0.15, 0.2) is 15.6 Å². The third-order valence-corrected chi connectivity index (χ3v) is 8.04. The molecule has 144 valence electrons. The molecule has 8 heteroatoms. The smallest absolute Gasteiger partial charge is 0.277 e. The number of benzene rings is 1. The fraction of sp³-hybridized carbons (Fsp3) is 0.526. The molecular formula is C19H22N2O4S2. The molecule has 2 aromatic rings. The van der Waals surface area contributed by atoms with E-state index >= 15 is 0 Å². The fourth-order valence-electron chi connectivity index (χ4n) is 3.81. The van der Waals surface area contributed by atoms with Crippen molar-refractivity contribution in [1.82, 2.24) is 10.2 Å². The lowest BCUT2D eigenvalue weighted by atomic mass is 10.0. The van der Waals surface area contributed by atoms with Crippen molar-refractivity contribution >= 4 is 27.4 Å². The van der Waals surface area contributed by atoms with Crippen molar-refractivity contribution in [3.63, 3.8) is 0 Å². The Morgan fingerprint density at radius 2 is 2.11 bits per heavy atom. The lowest BCUT2D eigenvalue weighted by Crippen LogP contribution is -2.13. The number of hydrogen-bond donors (Lipinski definition) is 0. The highest BCUT2D eigenvalue weighted by Gasteiger charge is 2.29. The average Bonchev–Trinajstić information content (AvgIpc) is 3.34. The Morgan fingerprint density at radius 3 is 2.89 bits per heavy atom. The number of fused-ring (bicyclic) bond motifs is 1. The summed E-state index contributed by atoms with van der Waals surface area (Å²) < 4.78 is 28.7. The van der Waals surface area contributed by atoms with E-state index in [0.29, 0.717) is 24.0 Å². The van der Waals surface area contributed by atoms with Crippen LogP contribution in [0.1, 0.15) is 47.1 Å². The highest BCUT2D eigenvalue weighted by Crippen LogP contribution is 2.29. The van der Waals surface area contributed by atoms with Gasteiger partial charge in [-0.1, -0.05) is 23.9 Å². The Hall–Kier alpha value is -1.67. The summed E-state index contributed by atoms with van der Waals surface area (Å²) in [5.41, 5.74) is 3.36. The molecule has 1 aromatic heterocycles. The molecule has 1 aromatic carbocycles. The van der Waals surface area contributed by atoms with Crippen molar-refractivity contribution in [3.8, 4) is 0 Å². The summed E-state index contributed by atoms with van der Waals surface area (Å²) in [5.74, 6) is 0.956. The van der Waals surface area contributed by atoms with E-state index in [9.17, 15) is 13.2 Å². The highest BCUT2D eigenvalue weighted by molar-refractivity contribution is 8.00. The van der Waals surface area contributed by atoms with E-state index in [1.54, 1.807) is 0 Å². The van der Waals surface area contributed by atoms with Crippen LogP contribution in [0.4, 0.5) is 0 Å². The van der Waals surface area contributed by atoms with Crippen LogP contribution in [0.25, 0.3) is 0 Å². The fourth-order valence-corrected chi connectivity index (χ4v) is 6.45. The van der Waals surface area contributed by atoms with Gasteiger partial charge in [-0.25, -0.2) is 8.42 Å². The first-order valence-corrected chi connectivity index (χ1v) is 12.0. The predicted octanol–water partition coefficient (Wildman–Crippen LogP) is 2.90. The Morgan fingerprint density at radius 1 is 1.30 bits per heavy atom. The van der Waals surface area contributed by atoms with Crippen molar-refractivity contribution < 1.29 is 17.6 Å². The number of nitrogens with zero attached hydrogens (tertiary/aromatic N) is 2. The van der Waals surface area contributed by atoms with Crippen LogP contribution in [0, 0.1) is 5.92 Å². The second-order valence-corrected chi connectivity index (χ2v) is 10.9. The monoisotopic (exact) mass is 406 g/mol. The quantitative estimate of drug-likeness (QED) is 0.538. The summed E-state index contributed by atoms with van der Waals surface area (Å²) in [4.78, 5) is 12.7. The van der Waals surface area contributed by atoms with Gasteiger partial charge < -0.3 is 4.42 Å². The number of carbonyl (C=O) groups excluding carboxylic acids is 1. The van der Waals surface area contributed by atoms with E-state index < -0.39 is 9.84 Å². The largest absolute Gasteiger partial charge is 0.416 e. The molecule has 1 aliphatic carbocycles. The number of thioether (sulfide) groups is 1. The van der Waals surface area contributed by atoms with Crippen LogP contribution in [0.3, 0.4) is 0 Å². The van der Waals surface area contributed by atoms with E-state index in [0.717, 1.165) is 24.8 Å². The second-order valence-electron chi connectivity index (χ2n) is 7.40. The molecule has 27 heavy (non-hydrogen) atoms. The maximum Gasteiger partial charge on any atom is 0.277 e. The summed E-state index contributed by atoms with van der Waals surface area (Å²) in [5, 5.41) is 8.05. The van der Waals surface area contributed by atoms with Gasteiger partial charge in [-0.3, -0.25) is 4.79 Å². The average molecular weight is 407 g/mol. The van der Waals surface area contributed by atoms with Crippen molar-refractivity contribution in [2.75, 3.05) is 11.5 Å². The van der Waals surface area contributed by atoms with E-state index in [1.165, 1.54) is 22.9 Å². The first kappa shape index (κ1) is 18.7. The van der Waals surface area contributed by atoms with Gasteiger partial charge in [0.25, 0.3) is 5.22 Å². The maximum atomic E-state index is 12.7. The van der Waals surface area contributed by atoms with Gasteiger partial charge in [-0.2, -0.15) is 0 Å². The van der Waals surface area contributed by atoms with Crippen LogP contribution < -0.4 is 0 Å². The Kier molecular flexibility index (Phi) is 5.11. The number of aryl methyl sites for hydroxylation is 2. The van der Waals surface area contributed by atoms with Gasteiger partial charge in [-0.05, 0) is 55.7 Å². The van der Waals surface area contributed by atoms with E-state index in [-0.39, 0.29) is 28.5 Å². The number of carbonyl (C=O) groups is 1. The van der Waals surface area contributed by atoms with Gasteiger partial charge >= 0.3 is 0 Å². The van der Waals surface area contributed by atoms with Crippen molar-refractivity contribution in [2.24, 2.45) is 5.92 Å². The minimum absolute atomic E-state index is 0.0405. The number of ketones is 1.